The molecule has 4 heterocycles. The second-order valence-corrected chi connectivity index (χ2v) is 10.1. The Balaban J connectivity index is 1.39. The number of carbonyl (C=O) groups excluding carboxylic acids is 3. The minimum atomic E-state index is -1.47. The Bertz CT molecular complexity index is 1630. The summed E-state index contributed by atoms with van der Waals surface area (Å²) in [5.41, 5.74) is 1.71. The summed E-state index contributed by atoms with van der Waals surface area (Å²) in [6.45, 7) is 0. The van der Waals surface area contributed by atoms with E-state index in [9.17, 15) is 18.8 Å². The number of benzene rings is 3. The van der Waals surface area contributed by atoms with Crippen molar-refractivity contribution in [2.75, 3.05) is 10.2 Å². The molecule has 0 saturated carbocycles. The Morgan fingerprint density at radius 3 is 2.54 bits per heavy atom. The van der Waals surface area contributed by atoms with E-state index >= 15 is 0 Å². The molecule has 7 nitrogen and oxygen atoms in total. The molecule has 184 valence electrons. The molecule has 2 saturated heterocycles. The van der Waals surface area contributed by atoms with Gasteiger partial charge in [-0.25, -0.2) is 9.29 Å². The Hall–Kier alpha value is -4.01. The van der Waals surface area contributed by atoms with Gasteiger partial charge < -0.3 is 10.3 Å². The van der Waals surface area contributed by atoms with Crippen molar-refractivity contribution in [2.45, 2.75) is 18.0 Å². The molecule has 3 aliphatic rings. The first kappa shape index (κ1) is 22.2. The van der Waals surface area contributed by atoms with E-state index in [-0.39, 0.29) is 5.69 Å². The fourth-order valence-electron chi connectivity index (χ4n) is 6.35. The number of carbonyl (C=O) groups is 3. The normalized spacial score (nSPS) is 26.3. The summed E-state index contributed by atoms with van der Waals surface area (Å²) < 4.78 is 13.6. The van der Waals surface area contributed by atoms with Crippen molar-refractivity contribution >= 4 is 51.6 Å². The average molecular weight is 515 g/mol. The summed E-state index contributed by atoms with van der Waals surface area (Å²) in [4.78, 5) is 45.9. The monoisotopic (exact) mass is 514 g/mol. The van der Waals surface area contributed by atoms with Gasteiger partial charge in [0.15, 0.2) is 0 Å². The predicted octanol–water partition coefficient (Wildman–Crippen LogP) is 4.13. The van der Waals surface area contributed by atoms with E-state index in [0.29, 0.717) is 22.7 Å². The number of H-pyrrole nitrogens is 1. The molecular weight excluding hydrogens is 495 g/mol. The molecule has 3 N–H and O–H groups in total. The molecule has 3 aromatic carbocycles. The van der Waals surface area contributed by atoms with Crippen LogP contribution in [0.15, 0.2) is 72.9 Å². The van der Waals surface area contributed by atoms with Gasteiger partial charge in [0.05, 0.1) is 28.2 Å². The molecule has 0 radical (unpaired) electrons. The molecule has 3 aliphatic heterocycles. The zero-order chi connectivity index (χ0) is 25.5. The van der Waals surface area contributed by atoms with Crippen LogP contribution in [0, 0.1) is 17.7 Å². The number of fused-ring (bicyclic) bond motifs is 5. The molecule has 0 aliphatic carbocycles. The molecule has 7 rings (SSSR count). The number of hydrogen-bond acceptors (Lipinski definition) is 4. The molecule has 0 unspecified atom stereocenters. The van der Waals surface area contributed by atoms with Crippen LogP contribution in [0.25, 0.3) is 10.9 Å². The highest BCUT2D eigenvalue weighted by Crippen LogP contribution is 2.55. The van der Waals surface area contributed by atoms with Crippen LogP contribution in [-0.2, 0) is 26.3 Å². The van der Waals surface area contributed by atoms with Crippen molar-refractivity contribution in [3.05, 3.63) is 94.9 Å². The SMILES string of the molecule is O=C1[C@H]2[C@@H](C(=O)N1c1ccc(F)cc1)[C@@]1(N[C@@H]2Cc2c[nH]c3ccccc23)C(=O)Nc2c(Cl)cccc21. The first-order valence-corrected chi connectivity index (χ1v) is 12.3. The first-order valence-electron chi connectivity index (χ1n) is 12.0. The van der Waals surface area contributed by atoms with Gasteiger partial charge in [0.1, 0.15) is 11.4 Å². The van der Waals surface area contributed by atoms with Crippen LogP contribution in [0.1, 0.15) is 11.1 Å². The van der Waals surface area contributed by atoms with Gasteiger partial charge in [0.25, 0.3) is 0 Å². The number of imide groups is 1. The number of rotatable bonds is 3. The van der Waals surface area contributed by atoms with Crippen LogP contribution < -0.4 is 15.5 Å². The van der Waals surface area contributed by atoms with Crippen LogP contribution in [0.5, 0.6) is 0 Å². The molecule has 4 atom stereocenters. The van der Waals surface area contributed by atoms with Crippen molar-refractivity contribution in [3.63, 3.8) is 0 Å². The Kier molecular flexibility index (Phi) is 4.65. The Morgan fingerprint density at radius 2 is 1.73 bits per heavy atom. The maximum absolute atomic E-state index is 14.0. The largest absolute Gasteiger partial charge is 0.361 e. The third-order valence-electron chi connectivity index (χ3n) is 7.90. The second-order valence-electron chi connectivity index (χ2n) is 9.73. The van der Waals surface area contributed by atoms with Crippen molar-refractivity contribution < 1.29 is 18.8 Å². The lowest BCUT2D eigenvalue weighted by molar-refractivity contribution is -0.130. The van der Waals surface area contributed by atoms with Gasteiger partial charge in [-0.15, -0.1) is 0 Å². The fraction of sp³-hybridized carbons (Fsp3) is 0.179. The molecule has 1 spiro atoms. The summed E-state index contributed by atoms with van der Waals surface area (Å²) in [6, 6.07) is 17.7. The lowest BCUT2D eigenvalue weighted by Gasteiger charge is -2.29. The number of hydrogen-bond donors (Lipinski definition) is 3. The second kappa shape index (κ2) is 7.74. The van der Waals surface area contributed by atoms with E-state index in [2.05, 4.69) is 15.6 Å². The number of nitrogens with zero attached hydrogens (tertiary/aromatic N) is 1. The molecule has 1 aromatic heterocycles. The van der Waals surface area contributed by atoms with E-state index < -0.39 is 47.0 Å². The molecule has 3 amide bonds. The maximum atomic E-state index is 14.0. The van der Waals surface area contributed by atoms with E-state index in [1.807, 2.05) is 30.5 Å². The van der Waals surface area contributed by atoms with Gasteiger partial charge in [-0.05, 0) is 48.4 Å². The number of amides is 3. The Labute approximate surface area is 215 Å². The van der Waals surface area contributed by atoms with Crippen LogP contribution in [0.3, 0.4) is 0 Å². The van der Waals surface area contributed by atoms with Crippen molar-refractivity contribution in [1.82, 2.24) is 10.3 Å². The van der Waals surface area contributed by atoms with Crippen LogP contribution >= 0.6 is 11.6 Å². The van der Waals surface area contributed by atoms with E-state index in [1.54, 1.807) is 18.2 Å². The maximum Gasteiger partial charge on any atom is 0.250 e. The van der Waals surface area contributed by atoms with Gasteiger partial charge in [0.2, 0.25) is 17.7 Å². The topological polar surface area (TPSA) is 94.3 Å². The van der Waals surface area contributed by atoms with Gasteiger partial charge in [-0.1, -0.05) is 41.9 Å². The number of para-hydroxylation sites is 2. The van der Waals surface area contributed by atoms with Crippen LogP contribution in [0.4, 0.5) is 15.8 Å². The highest BCUT2D eigenvalue weighted by atomic mass is 35.5. The van der Waals surface area contributed by atoms with Gasteiger partial charge in [0, 0.05) is 28.7 Å². The van der Waals surface area contributed by atoms with E-state index in [4.69, 9.17) is 11.6 Å². The standard InChI is InChI=1S/C28H20ClFN4O3/c29-19-6-3-5-18-24(19)32-27(37)28(18)23-22(25(35)34(26(23)36)16-10-8-15(30)9-11-16)21(33-28)12-14-13-31-20-7-2-1-4-17(14)20/h1-11,13,21-23,31,33H,12H2,(H,32,37)/t21-,22-,23+,28-/m1/s1. The first-order chi connectivity index (χ1) is 17.9. The zero-order valence-corrected chi connectivity index (χ0v) is 20.1. The molecule has 0 bridgehead atoms. The molecular formula is C28H20ClFN4O3. The van der Waals surface area contributed by atoms with E-state index in [1.165, 1.54) is 24.3 Å². The number of aromatic amines is 1. The quantitative estimate of drug-likeness (QED) is 0.358. The summed E-state index contributed by atoms with van der Waals surface area (Å²) in [6.07, 6.45) is 2.30. The lowest BCUT2D eigenvalue weighted by atomic mass is 9.76. The highest BCUT2D eigenvalue weighted by Gasteiger charge is 2.70. The number of nitrogens with one attached hydrogen (secondary N) is 3. The lowest BCUT2D eigenvalue weighted by Crippen LogP contribution is -2.53. The van der Waals surface area contributed by atoms with Crippen LogP contribution in [-0.4, -0.2) is 28.7 Å². The van der Waals surface area contributed by atoms with Crippen molar-refractivity contribution in [1.29, 1.82) is 0 Å². The molecule has 9 heteroatoms. The third-order valence-corrected chi connectivity index (χ3v) is 8.21. The zero-order valence-electron chi connectivity index (χ0n) is 19.3. The average Bonchev–Trinajstić information content (AvgIpc) is 3.60. The Morgan fingerprint density at radius 1 is 0.946 bits per heavy atom. The predicted molar refractivity (Wildman–Crippen MR) is 137 cm³/mol. The summed E-state index contributed by atoms with van der Waals surface area (Å²) in [7, 11) is 0. The molecule has 2 fully saturated rings. The van der Waals surface area contributed by atoms with E-state index in [0.717, 1.165) is 21.4 Å². The molecule has 4 aromatic rings. The van der Waals surface area contributed by atoms with Crippen LogP contribution in [0.2, 0.25) is 5.02 Å². The van der Waals surface area contributed by atoms with Crippen molar-refractivity contribution in [3.8, 4) is 0 Å². The van der Waals surface area contributed by atoms with Crippen molar-refractivity contribution in [2.24, 2.45) is 11.8 Å². The summed E-state index contributed by atoms with van der Waals surface area (Å²) in [5.74, 6) is -3.63. The molecule has 37 heavy (non-hydrogen) atoms. The smallest absolute Gasteiger partial charge is 0.250 e. The number of halogens is 2. The minimum Gasteiger partial charge on any atom is -0.361 e. The summed E-state index contributed by atoms with van der Waals surface area (Å²) in [5, 5.41) is 7.64. The summed E-state index contributed by atoms with van der Waals surface area (Å²) >= 11 is 6.42. The van der Waals surface area contributed by atoms with Gasteiger partial charge in [-0.3, -0.25) is 19.7 Å². The van der Waals surface area contributed by atoms with Gasteiger partial charge >= 0.3 is 0 Å². The minimum absolute atomic E-state index is 0.275. The van der Waals surface area contributed by atoms with Gasteiger partial charge in [-0.2, -0.15) is 0 Å². The third kappa shape index (κ3) is 2.94. The number of anilines is 2. The highest BCUT2D eigenvalue weighted by molar-refractivity contribution is 6.35. The fourth-order valence-corrected chi connectivity index (χ4v) is 6.57. The number of aromatic nitrogens is 1.